The van der Waals surface area contributed by atoms with E-state index in [-0.39, 0.29) is 17.7 Å². The van der Waals surface area contributed by atoms with Gasteiger partial charge in [-0.3, -0.25) is 4.79 Å². The summed E-state index contributed by atoms with van der Waals surface area (Å²) in [5, 5.41) is 0. The predicted octanol–water partition coefficient (Wildman–Crippen LogP) is 1.21. The van der Waals surface area contributed by atoms with Crippen molar-refractivity contribution in [2.75, 3.05) is 12.8 Å². The van der Waals surface area contributed by atoms with Crippen molar-refractivity contribution in [3.63, 3.8) is 0 Å². The summed E-state index contributed by atoms with van der Waals surface area (Å²) in [5.41, 5.74) is 11.3. The fraction of sp³-hybridized carbons (Fsp3) is 0.364. The van der Waals surface area contributed by atoms with Crippen molar-refractivity contribution in [3.05, 3.63) is 23.8 Å². The Morgan fingerprint density at radius 3 is 2.58 bits per heavy atom. The summed E-state index contributed by atoms with van der Waals surface area (Å²) in [6.07, 6.45) is -5.01. The smallest absolute Gasteiger partial charge is 0.468 e. The van der Waals surface area contributed by atoms with Crippen LogP contribution >= 0.6 is 0 Å². The number of esters is 1. The van der Waals surface area contributed by atoms with Gasteiger partial charge in [0.1, 0.15) is 11.8 Å². The lowest BCUT2D eigenvalue weighted by Crippen LogP contribution is -2.34. The number of methoxy groups -OCH3 is 1. The Bertz CT molecular complexity index is 463. The molecule has 1 aromatic carbocycles. The number of nitrogens with two attached hydrogens (primary N) is 2. The van der Waals surface area contributed by atoms with E-state index >= 15 is 0 Å². The molecule has 19 heavy (non-hydrogen) atoms. The maximum atomic E-state index is 12.2. The first-order chi connectivity index (χ1) is 8.73. The zero-order valence-electron chi connectivity index (χ0n) is 10.0. The summed E-state index contributed by atoms with van der Waals surface area (Å²) in [6, 6.07) is 2.50. The van der Waals surface area contributed by atoms with E-state index in [0.717, 1.165) is 13.2 Å². The Balaban J connectivity index is 2.97. The fourth-order valence-electron chi connectivity index (χ4n) is 1.45. The standard InChI is InChI=1S/C11H13F3N2O3/c1-18-10(17)8(16)5-6-4-7(15)2-3-9(6)19-11(12,13)14/h2-4,8H,5,15-16H2,1H3/t8-/m0/s1. The van der Waals surface area contributed by atoms with Gasteiger partial charge in [0.2, 0.25) is 0 Å². The van der Waals surface area contributed by atoms with Crippen LogP contribution in [0.5, 0.6) is 5.75 Å². The minimum atomic E-state index is -4.83. The second-order valence-corrected chi connectivity index (χ2v) is 3.75. The van der Waals surface area contributed by atoms with Crippen LogP contribution < -0.4 is 16.2 Å². The lowest BCUT2D eigenvalue weighted by Gasteiger charge is -2.15. The van der Waals surface area contributed by atoms with E-state index in [9.17, 15) is 18.0 Å². The molecule has 4 N–H and O–H groups in total. The molecular formula is C11H13F3N2O3. The average molecular weight is 278 g/mol. The normalized spacial score (nSPS) is 12.9. The van der Waals surface area contributed by atoms with Crippen LogP contribution in [0.2, 0.25) is 0 Å². The number of anilines is 1. The van der Waals surface area contributed by atoms with Crippen molar-refractivity contribution >= 4 is 11.7 Å². The van der Waals surface area contributed by atoms with Crippen molar-refractivity contribution in [2.24, 2.45) is 5.73 Å². The first kappa shape index (κ1) is 15.1. The highest BCUT2D eigenvalue weighted by molar-refractivity contribution is 5.76. The van der Waals surface area contributed by atoms with Gasteiger partial charge in [-0.25, -0.2) is 0 Å². The van der Waals surface area contributed by atoms with E-state index < -0.39 is 24.1 Å². The van der Waals surface area contributed by atoms with Crippen LogP contribution in [-0.2, 0) is 16.0 Å². The third-order valence-electron chi connectivity index (χ3n) is 2.25. The zero-order chi connectivity index (χ0) is 14.6. The highest BCUT2D eigenvalue weighted by Gasteiger charge is 2.32. The van der Waals surface area contributed by atoms with Crippen molar-refractivity contribution < 1.29 is 27.4 Å². The molecule has 0 unspecified atom stereocenters. The van der Waals surface area contributed by atoms with Gasteiger partial charge in [0.05, 0.1) is 7.11 Å². The van der Waals surface area contributed by atoms with Gasteiger partial charge >= 0.3 is 12.3 Å². The first-order valence-electron chi connectivity index (χ1n) is 5.20. The third-order valence-corrected chi connectivity index (χ3v) is 2.25. The molecule has 0 fully saturated rings. The Labute approximate surface area is 107 Å². The minimum absolute atomic E-state index is 0.0789. The van der Waals surface area contributed by atoms with Crippen molar-refractivity contribution in [1.82, 2.24) is 0 Å². The summed E-state index contributed by atoms with van der Waals surface area (Å²) >= 11 is 0. The van der Waals surface area contributed by atoms with E-state index in [2.05, 4.69) is 9.47 Å². The summed E-state index contributed by atoms with van der Waals surface area (Å²) in [7, 11) is 1.13. The Kier molecular flexibility index (Phi) is 4.60. The van der Waals surface area contributed by atoms with Gasteiger partial charge in [-0.1, -0.05) is 0 Å². The van der Waals surface area contributed by atoms with E-state index in [4.69, 9.17) is 11.5 Å². The molecule has 0 saturated carbocycles. The number of alkyl halides is 3. The molecule has 1 aromatic rings. The number of hydrogen-bond donors (Lipinski definition) is 2. The lowest BCUT2D eigenvalue weighted by molar-refractivity contribution is -0.274. The van der Waals surface area contributed by atoms with E-state index in [0.29, 0.717) is 0 Å². The first-order valence-corrected chi connectivity index (χ1v) is 5.20. The summed E-state index contributed by atoms with van der Waals surface area (Å²) in [4.78, 5) is 11.2. The highest BCUT2D eigenvalue weighted by atomic mass is 19.4. The number of nitrogen functional groups attached to an aromatic ring is 1. The predicted molar refractivity (Wildman–Crippen MR) is 61.2 cm³/mol. The van der Waals surface area contributed by atoms with Gasteiger partial charge in [0.15, 0.2) is 0 Å². The maximum absolute atomic E-state index is 12.2. The number of rotatable bonds is 4. The molecule has 0 heterocycles. The van der Waals surface area contributed by atoms with E-state index in [1.165, 1.54) is 12.1 Å². The molecule has 0 aliphatic carbocycles. The molecule has 0 saturated heterocycles. The number of hydrogen-bond acceptors (Lipinski definition) is 5. The molecule has 0 amide bonds. The molecule has 1 rings (SSSR count). The molecule has 0 bridgehead atoms. The molecule has 0 spiro atoms. The number of carbonyl (C=O) groups excluding carboxylic acids is 1. The molecule has 0 aromatic heterocycles. The second-order valence-electron chi connectivity index (χ2n) is 3.75. The van der Waals surface area contributed by atoms with Crippen molar-refractivity contribution in [3.8, 4) is 5.75 Å². The number of carbonyl (C=O) groups is 1. The highest BCUT2D eigenvalue weighted by Crippen LogP contribution is 2.28. The van der Waals surface area contributed by atoms with Gasteiger partial charge in [-0.15, -0.1) is 13.2 Å². The average Bonchev–Trinajstić information content (AvgIpc) is 2.30. The van der Waals surface area contributed by atoms with Gasteiger partial charge in [0.25, 0.3) is 0 Å². The van der Waals surface area contributed by atoms with Crippen LogP contribution in [0, 0.1) is 0 Å². The maximum Gasteiger partial charge on any atom is 0.573 e. The Hall–Kier alpha value is -1.96. The molecule has 0 aliphatic rings. The number of ether oxygens (including phenoxy) is 2. The van der Waals surface area contributed by atoms with E-state index in [1.54, 1.807) is 0 Å². The third kappa shape index (κ3) is 4.66. The summed E-state index contributed by atoms with van der Waals surface area (Å²) in [5.74, 6) is -1.18. The number of halogens is 3. The zero-order valence-corrected chi connectivity index (χ0v) is 10.0. The molecule has 106 valence electrons. The molecule has 0 radical (unpaired) electrons. The SMILES string of the molecule is COC(=O)[C@@H](N)Cc1cc(N)ccc1OC(F)(F)F. The van der Waals surface area contributed by atoms with Crippen molar-refractivity contribution in [2.45, 2.75) is 18.8 Å². The molecule has 1 atom stereocenters. The quantitative estimate of drug-likeness (QED) is 0.638. The summed E-state index contributed by atoms with van der Waals surface area (Å²) in [6.45, 7) is 0. The van der Waals surface area contributed by atoms with E-state index in [1.807, 2.05) is 0 Å². The lowest BCUT2D eigenvalue weighted by atomic mass is 10.0. The van der Waals surface area contributed by atoms with Crippen molar-refractivity contribution in [1.29, 1.82) is 0 Å². The largest absolute Gasteiger partial charge is 0.573 e. The van der Waals surface area contributed by atoms with Crippen LogP contribution in [0.15, 0.2) is 18.2 Å². The van der Waals surface area contributed by atoms with Crippen LogP contribution in [0.25, 0.3) is 0 Å². The van der Waals surface area contributed by atoms with Gasteiger partial charge in [0, 0.05) is 12.1 Å². The molecule has 0 aliphatic heterocycles. The molecular weight excluding hydrogens is 265 g/mol. The van der Waals surface area contributed by atoms with Crippen LogP contribution in [0.3, 0.4) is 0 Å². The number of benzene rings is 1. The van der Waals surface area contributed by atoms with Gasteiger partial charge in [-0.05, 0) is 23.8 Å². The minimum Gasteiger partial charge on any atom is -0.468 e. The summed E-state index contributed by atoms with van der Waals surface area (Å²) < 4.78 is 44.9. The van der Waals surface area contributed by atoms with Gasteiger partial charge < -0.3 is 20.9 Å². The molecule has 5 nitrogen and oxygen atoms in total. The Morgan fingerprint density at radius 2 is 2.05 bits per heavy atom. The second kappa shape index (κ2) is 5.79. The van der Waals surface area contributed by atoms with Gasteiger partial charge in [-0.2, -0.15) is 0 Å². The van der Waals surface area contributed by atoms with Crippen LogP contribution in [0.1, 0.15) is 5.56 Å². The topological polar surface area (TPSA) is 87.6 Å². The van der Waals surface area contributed by atoms with Crippen LogP contribution in [0.4, 0.5) is 18.9 Å². The van der Waals surface area contributed by atoms with Crippen LogP contribution in [-0.4, -0.2) is 25.5 Å². The molecule has 8 heteroatoms. The Morgan fingerprint density at radius 1 is 1.42 bits per heavy atom. The monoisotopic (exact) mass is 278 g/mol. The fourth-order valence-corrected chi connectivity index (χ4v) is 1.45.